The van der Waals surface area contributed by atoms with Crippen molar-refractivity contribution >= 4 is 0 Å². The van der Waals surface area contributed by atoms with Crippen LogP contribution in [0.3, 0.4) is 0 Å². The lowest BCUT2D eigenvalue weighted by Crippen LogP contribution is -2.21. The van der Waals surface area contributed by atoms with Crippen molar-refractivity contribution in [1.82, 2.24) is 25.5 Å². The number of hydrogen-bond donors (Lipinski definition) is 1. The van der Waals surface area contributed by atoms with Crippen LogP contribution in [0.25, 0.3) is 5.69 Å². The first-order valence-electron chi connectivity index (χ1n) is 8.61. The third kappa shape index (κ3) is 3.53. The van der Waals surface area contributed by atoms with E-state index < -0.39 is 0 Å². The normalized spacial score (nSPS) is 14.1. The van der Waals surface area contributed by atoms with Gasteiger partial charge >= 0.3 is 0 Å². The second kappa shape index (κ2) is 7.03. The quantitative estimate of drug-likeness (QED) is 0.750. The van der Waals surface area contributed by atoms with Gasteiger partial charge in [0.2, 0.25) is 0 Å². The molecule has 1 aromatic heterocycles. The van der Waals surface area contributed by atoms with Gasteiger partial charge in [-0.15, -0.1) is 5.10 Å². The summed E-state index contributed by atoms with van der Waals surface area (Å²) in [5, 5.41) is 14.8. The zero-order valence-corrected chi connectivity index (χ0v) is 14.2. The zero-order chi connectivity index (χ0) is 17.1. The van der Waals surface area contributed by atoms with E-state index in [-0.39, 0.29) is 0 Å². The Morgan fingerprint density at radius 1 is 1.20 bits per heavy atom. The lowest BCUT2D eigenvalue weighted by molar-refractivity contribution is 0.357. The predicted molar refractivity (Wildman–Crippen MR) is 94.9 cm³/mol. The average molecular weight is 335 g/mol. The van der Waals surface area contributed by atoms with Crippen molar-refractivity contribution in [3.05, 3.63) is 65.5 Å². The molecule has 0 saturated heterocycles. The summed E-state index contributed by atoms with van der Waals surface area (Å²) in [6.07, 6.45) is 3.64. The van der Waals surface area contributed by atoms with E-state index in [1.165, 1.54) is 16.7 Å². The van der Waals surface area contributed by atoms with Crippen LogP contribution in [0.2, 0.25) is 0 Å². The predicted octanol–water partition coefficient (Wildman–Crippen LogP) is 2.49. The van der Waals surface area contributed by atoms with Crippen molar-refractivity contribution < 1.29 is 4.74 Å². The van der Waals surface area contributed by atoms with Gasteiger partial charge in [-0.3, -0.25) is 0 Å². The first-order valence-corrected chi connectivity index (χ1v) is 8.61. The van der Waals surface area contributed by atoms with E-state index in [0.29, 0.717) is 6.04 Å². The van der Waals surface area contributed by atoms with E-state index in [1.807, 2.05) is 12.1 Å². The average Bonchev–Trinajstić information content (AvgIpc) is 3.33. The van der Waals surface area contributed by atoms with Gasteiger partial charge in [0.15, 0.2) is 0 Å². The van der Waals surface area contributed by atoms with Crippen LogP contribution in [0.1, 0.15) is 29.7 Å². The van der Waals surface area contributed by atoms with Gasteiger partial charge in [0.05, 0.1) is 12.3 Å². The highest BCUT2D eigenvalue weighted by Crippen LogP contribution is 2.26. The summed E-state index contributed by atoms with van der Waals surface area (Å²) < 4.78 is 7.21. The van der Waals surface area contributed by atoms with Crippen molar-refractivity contribution in [2.75, 3.05) is 13.2 Å². The Morgan fingerprint density at radius 2 is 2.08 bits per heavy atom. The lowest BCUT2D eigenvalue weighted by Gasteiger charge is -2.15. The molecule has 6 nitrogen and oxygen atoms in total. The Balaban J connectivity index is 1.32. The number of nitrogens with one attached hydrogen (secondary N) is 1. The van der Waals surface area contributed by atoms with Gasteiger partial charge in [-0.1, -0.05) is 24.3 Å². The maximum Gasteiger partial charge on any atom is 0.143 e. The van der Waals surface area contributed by atoms with E-state index in [4.69, 9.17) is 4.74 Å². The molecule has 0 bridgehead atoms. The van der Waals surface area contributed by atoms with E-state index in [9.17, 15) is 0 Å². The minimum atomic E-state index is 0.292. The molecule has 0 aliphatic carbocycles. The van der Waals surface area contributed by atoms with E-state index in [2.05, 4.69) is 58.1 Å². The van der Waals surface area contributed by atoms with Gasteiger partial charge < -0.3 is 10.1 Å². The number of nitrogens with zero attached hydrogens (tertiary/aromatic N) is 4. The number of ether oxygens (including phenoxy) is 1. The van der Waals surface area contributed by atoms with Gasteiger partial charge in [-0.2, -0.15) is 0 Å². The van der Waals surface area contributed by atoms with Crippen LogP contribution < -0.4 is 10.1 Å². The summed E-state index contributed by atoms with van der Waals surface area (Å²) in [4.78, 5) is 0. The topological polar surface area (TPSA) is 64.9 Å². The molecule has 0 amide bonds. The Labute approximate surface area is 146 Å². The molecule has 0 saturated carbocycles. The van der Waals surface area contributed by atoms with E-state index in [0.717, 1.165) is 37.4 Å². The van der Waals surface area contributed by atoms with Gasteiger partial charge in [0.1, 0.15) is 12.1 Å². The van der Waals surface area contributed by atoms with Gasteiger partial charge in [-0.05, 0) is 65.2 Å². The fourth-order valence-electron chi connectivity index (χ4n) is 3.14. The molecule has 1 N–H and O–H groups in total. The summed E-state index contributed by atoms with van der Waals surface area (Å²) in [6, 6.07) is 15.1. The molecular formula is C19H21N5O. The summed E-state index contributed by atoms with van der Waals surface area (Å²) in [7, 11) is 0. The maximum atomic E-state index is 5.56. The van der Waals surface area contributed by atoms with E-state index in [1.54, 1.807) is 11.0 Å². The molecule has 128 valence electrons. The van der Waals surface area contributed by atoms with Crippen LogP contribution in [0.15, 0.2) is 48.8 Å². The zero-order valence-electron chi connectivity index (χ0n) is 14.2. The van der Waals surface area contributed by atoms with Crippen molar-refractivity contribution in [3.63, 3.8) is 0 Å². The number of benzene rings is 2. The molecule has 3 aromatic rings. The van der Waals surface area contributed by atoms with Gasteiger partial charge in [-0.25, -0.2) is 4.68 Å². The first-order chi connectivity index (χ1) is 12.3. The fraction of sp³-hybridized carbons (Fsp3) is 0.316. The molecule has 0 radical (unpaired) electrons. The highest BCUT2D eigenvalue weighted by atomic mass is 16.5. The Kier molecular flexibility index (Phi) is 4.43. The van der Waals surface area contributed by atoms with Crippen molar-refractivity contribution in [2.24, 2.45) is 0 Å². The molecule has 2 heterocycles. The minimum absolute atomic E-state index is 0.292. The summed E-state index contributed by atoms with van der Waals surface area (Å²) in [6.45, 7) is 3.94. The molecule has 1 atom stereocenters. The van der Waals surface area contributed by atoms with Crippen LogP contribution in [0.4, 0.5) is 0 Å². The number of rotatable bonds is 6. The summed E-state index contributed by atoms with van der Waals surface area (Å²) in [5.41, 5.74) is 4.90. The third-order valence-electron chi connectivity index (χ3n) is 4.62. The molecule has 1 aliphatic heterocycles. The molecule has 0 spiro atoms. The smallest absolute Gasteiger partial charge is 0.143 e. The lowest BCUT2D eigenvalue weighted by atomic mass is 10.1. The largest absolute Gasteiger partial charge is 0.493 e. The molecule has 2 aromatic carbocycles. The second-order valence-electron chi connectivity index (χ2n) is 6.31. The molecule has 0 unspecified atom stereocenters. The molecule has 25 heavy (non-hydrogen) atoms. The maximum absolute atomic E-state index is 5.56. The first kappa shape index (κ1) is 15.8. The van der Waals surface area contributed by atoms with Gasteiger partial charge in [0.25, 0.3) is 0 Å². The monoisotopic (exact) mass is 335 g/mol. The van der Waals surface area contributed by atoms with Crippen molar-refractivity contribution in [1.29, 1.82) is 0 Å². The van der Waals surface area contributed by atoms with E-state index >= 15 is 0 Å². The highest BCUT2D eigenvalue weighted by molar-refractivity contribution is 5.40. The molecule has 6 heteroatoms. The van der Waals surface area contributed by atoms with Crippen LogP contribution in [0.5, 0.6) is 5.75 Å². The molecule has 1 aliphatic rings. The molecule has 4 rings (SSSR count). The van der Waals surface area contributed by atoms with Crippen molar-refractivity contribution in [2.45, 2.75) is 25.8 Å². The Bertz CT molecular complexity index is 830. The Hall–Kier alpha value is -2.73. The van der Waals surface area contributed by atoms with Crippen molar-refractivity contribution in [3.8, 4) is 11.4 Å². The van der Waals surface area contributed by atoms with Crippen LogP contribution >= 0.6 is 0 Å². The van der Waals surface area contributed by atoms with Gasteiger partial charge in [0, 0.05) is 12.5 Å². The number of aromatic nitrogens is 4. The SMILES string of the molecule is C[C@@H](NCCc1ccc2c(c1)CCO2)c1ccc(-n2cnnn2)cc1. The summed E-state index contributed by atoms with van der Waals surface area (Å²) >= 11 is 0. The second-order valence-corrected chi connectivity index (χ2v) is 6.31. The third-order valence-corrected chi connectivity index (χ3v) is 4.62. The number of hydrogen-bond acceptors (Lipinski definition) is 5. The molecular weight excluding hydrogens is 314 g/mol. The van der Waals surface area contributed by atoms with Crippen LogP contribution in [-0.4, -0.2) is 33.4 Å². The standard InChI is InChI=1S/C19H21N5O/c1-14(16-3-5-18(6-4-16)24-13-21-22-23-24)20-10-8-15-2-7-19-17(12-15)9-11-25-19/h2-7,12-14,20H,8-11H2,1H3/t14-/m1/s1. The number of tetrazole rings is 1. The molecule has 0 fully saturated rings. The highest BCUT2D eigenvalue weighted by Gasteiger charge is 2.12. The Morgan fingerprint density at radius 3 is 2.88 bits per heavy atom. The fourth-order valence-corrected chi connectivity index (χ4v) is 3.14. The summed E-state index contributed by atoms with van der Waals surface area (Å²) in [5.74, 6) is 1.05. The number of fused-ring (bicyclic) bond motifs is 1. The minimum Gasteiger partial charge on any atom is -0.493 e. The van der Waals surface area contributed by atoms with Crippen LogP contribution in [-0.2, 0) is 12.8 Å². The van der Waals surface area contributed by atoms with Crippen LogP contribution in [0, 0.1) is 0 Å².